The standard InChI is InChI=1S/C37H72N8O10.2C2H4O2/c1-2-3-4-5-6-7-8-9-10-11-12-13-14-17-23-40-37(55)45-28(19-15-16-21-38)33(50)42-30(25-47)35(52)43-29(24-46)34(51)41-27(20-18-22-39)32(49)44-31(26-48)36(53)54;2*1-2(3)4/h27-31,46-48H,2-26,38-39H2,1H3,(H,41,51)(H,42,50)(H,43,52)(H,44,49)(H,53,54)(H2,40,45,55);2*1H3,(H,3,4)/t27-,28-,29-,30-,31-;;/m0../s1. The van der Waals surface area contributed by atoms with Crippen molar-refractivity contribution < 1.29 is 69.0 Å². The van der Waals surface area contributed by atoms with Crippen LogP contribution >= 0.6 is 0 Å². The highest BCUT2D eigenvalue weighted by Gasteiger charge is 2.32. The number of carboxylic acid groups (broad SMARTS) is 3. The van der Waals surface area contributed by atoms with Crippen LogP contribution in [0.15, 0.2) is 0 Å². The van der Waals surface area contributed by atoms with Crippen LogP contribution in [-0.2, 0) is 33.6 Å². The second-order valence-corrected chi connectivity index (χ2v) is 14.9. The zero-order valence-electron chi connectivity index (χ0n) is 37.7. The Balaban J connectivity index is -0.00000411. The highest BCUT2D eigenvalue weighted by Crippen LogP contribution is 2.13. The van der Waals surface area contributed by atoms with Gasteiger partial charge in [-0.3, -0.25) is 28.8 Å². The van der Waals surface area contributed by atoms with Gasteiger partial charge in [0.15, 0.2) is 0 Å². The summed E-state index contributed by atoms with van der Waals surface area (Å²) >= 11 is 0. The SMILES string of the molecule is CC(=O)O.CC(=O)O.CCCCCCCCCCCCCCCCNC(=O)N[C@@H](CCCCN)C(=O)N[C@@H](CO)C(=O)N[C@@H](CO)C(=O)N[C@@H](CCCN)C(=O)N[C@@H](CO)C(=O)O. The second-order valence-electron chi connectivity index (χ2n) is 14.9. The average molecular weight is 909 g/mol. The molecule has 0 aliphatic rings. The van der Waals surface area contributed by atoms with E-state index in [4.69, 9.17) is 36.4 Å². The smallest absolute Gasteiger partial charge is 0.328 e. The molecule has 5 atom stereocenters. The van der Waals surface area contributed by atoms with Gasteiger partial charge in [0, 0.05) is 20.4 Å². The number of aliphatic carboxylic acids is 3. The van der Waals surface area contributed by atoms with E-state index in [2.05, 4.69) is 38.8 Å². The molecule has 0 saturated heterocycles. The Morgan fingerprint density at radius 1 is 0.429 bits per heavy atom. The van der Waals surface area contributed by atoms with Crippen LogP contribution in [0.2, 0.25) is 0 Å². The lowest BCUT2D eigenvalue weighted by atomic mass is 10.0. The summed E-state index contributed by atoms with van der Waals surface area (Å²) in [6, 6.07) is -7.82. The van der Waals surface area contributed by atoms with Crippen LogP contribution in [0.1, 0.15) is 143 Å². The van der Waals surface area contributed by atoms with Crippen LogP contribution in [0.3, 0.4) is 0 Å². The fourth-order valence-electron chi connectivity index (χ4n) is 5.75. The van der Waals surface area contributed by atoms with Crippen molar-refractivity contribution in [3.8, 4) is 0 Å². The van der Waals surface area contributed by atoms with Gasteiger partial charge in [-0.05, 0) is 51.6 Å². The lowest BCUT2D eigenvalue weighted by molar-refractivity contribution is -0.143. The molecule has 6 amide bonds. The number of aliphatic hydroxyl groups excluding tert-OH is 3. The van der Waals surface area contributed by atoms with Crippen molar-refractivity contribution in [3.63, 3.8) is 0 Å². The molecule has 0 radical (unpaired) electrons. The molecule has 0 aromatic carbocycles. The Morgan fingerprint density at radius 2 is 0.746 bits per heavy atom. The maximum absolute atomic E-state index is 13.2. The number of nitrogens with one attached hydrogen (secondary N) is 6. The molecule has 0 fully saturated rings. The number of nitrogens with two attached hydrogens (primary N) is 2. The van der Waals surface area contributed by atoms with E-state index in [1.807, 2.05) is 0 Å². The highest BCUT2D eigenvalue weighted by molar-refractivity contribution is 5.96. The highest BCUT2D eigenvalue weighted by atomic mass is 16.4. The molecular formula is C41H80N8O14. The molecule has 0 aliphatic heterocycles. The summed E-state index contributed by atoms with van der Waals surface area (Å²) in [4.78, 5) is 93.8. The van der Waals surface area contributed by atoms with Crippen LogP contribution < -0.4 is 43.4 Å². The number of hydrogen-bond donors (Lipinski definition) is 14. The molecule has 0 rings (SSSR count). The van der Waals surface area contributed by atoms with E-state index >= 15 is 0 Å². The van der Waals surface area contributed by atoms with Crippen molar-refractivity contribution in [3.05, 3.63) is 0 Å². The Kier molecular flexibility index (Phi) is 42.4. The fourth-order valence-corrected chi connectivity index (χ4v) is 5.75. The molecule has 368 valence electrons. The molecule has 0 saturated carbocycles. The second kappa shape index (κ2) is 42.7. The van der Waals surface area contributed by atoms with Gasteiger partial charge in [0.2, 0.25) is 23.6 Å². The summed E-state index contributed by atoms with van der Waals surface area (Å²) in [7, 11) is 0. The number of rotatable bonds is 35. The van der Waals surface area contributed by atoms with E-state index < -0.39 is 97.6 Å². The van der Waals surface area contributed by atoms with Crippen LogP contribution in [-0.4, -0.2) is 148 Å². The van der Waals surface area contributed by atoms with Crippen LogP contribution in [0, 0.1) is 0 Å². The molecule has 0 unspecified atom stereocenters. The van der Waals surface area contributed by atoms with E-state index in [1.54, 1.807) is 0 Å². The summed E-state index contributed by atoms with van der Waals surface area (Å²) in [6.07, 6.45) is 18.5. The van der Waals surface area contributed by atoms with Gasteiger partial charge in [0.05, 0.1) is 19.8 Å². The number of carbonyl (C=O) groups excluding carboxylic acids is 5. The topological polar surface area (TPSA) is 382 Å². The van der Waals surface area contributed by atoms with Gasteiger partial charge in [0.1, 0.15) is 30.2 Å². The number of aliphatic hydroxyl groups is 3. The zero-order valence-corrected chi connectivity index (χ0v) is 37.7. The first-order valence-electron chi connectivity index (χ1n) is 22.1. The summed E-state index contributed by atoms with van der Waals surface area (Å²) < 4.78 is 0. The molecule has 0 aromatic heterocycles. The summed E-state index contributed by atoms with van der Waals surface area (Å²) in [6.45, 7) is 2.57. The lowest BCUT2D eigenvalue weighted by Gasteiger charge is -2.25. The van der Waals surface area contributed by atoms with Crippen molar-refractivity contribution in [2.24, 2.45) is 11.5 Å². The summed E-state index contributed by atoms with van der Waals surface area (Å²) in [5, 5.41) is 67.3. The van der Waals surface area contributed by atoms with Crippen LogP contribution in [0.4, 0.5) is 4.79 Å². The van der Waals surface area contributed by atoms with Crippen molar-refractivity contribution in [1.82, 2.24) is 31.9 Å². The minimum atomic E-state index is -1.64. The molecule has 0 heterocycles. The zero-order chi connectivity index (χ0) is 48.4. The molecule has 22 nitrogen and oxygen atoms in total. The van der Waals surface area contributed by atoms with E-state index in [0.29, 0.717) is 25.9 Å². The summed E-state index contributed by atoms with van der Waals surface area (Å²) in [5.41, 5.74) is 11.1. The van der Waals surface area contributed by atoms with E-state index in [-0.39, 0.29) is 25.8 Å². The predicted molar refractivity (Wildman–Crippen MR) is 235 cm³/mol. The molecule has 0 aliphatic carbocycles. The van der Waals surface area contributed by atoms with E-state index in [9.17, 15) is 44.1 Å². The van der Waals surface area contributed by atoms with Gasteiger partial charge in [0.25, 0.3) is 11.9 Å². The minimum absolute atomic E-state index is 0.0289. The van der Waals surface area contributed by atoms with E-state index in [0.717, 1.165) is 39.5 Å². The number of carbonyl (C=O) groups is 8. The van der Waals surface area contributed by atoms with Crippen molar-refractivity contribution in [1.29, 1.82) is 0 Å². The number of urea groups is 1. The Hall–Kier alpha value is -4.64. The van der Waals surface area contributed by atoms with Gasteiger partial charge in [-0.2, -0.15) is 0 Å². The number of hydrogen-bond acceptors (Lipinski definition) is 13. The van der Waals surface area contributed by atoms with Gasteiger partial charge < -0.3 is 74.0 Å². The number of amides is 6. The Bertz CT molecular complexity index is 1260. The van der Waals surface area contributed by atoms with Gasteiger partial charge in [-0.15, -0.1) is 0 Å². The largest absolute Gasteiger partial charge is 0.481 e. The van der Waals surface area contributed by atoms with Crippen molar-refractivity contribution in [2.45, 2.75) is 173 Å². The maximum Gasteiger partial charge on any atom is 0.328 e. The van der Waals surface area contributed by atoms with Gasteiger partial charge in [-0.25, -0.2) is 9.59 Å². The van der Waals surface area contributed by atoms with Gasteiger partial charge >= 0.3 is 12.0 Å². The minimum Gasteiger partial charge on any atom is -0.481 e. The summed E-state index contributed by atoms with van der Waals surface area (Å²) in [5.74, 6) is -6.94. The molecule has 16 N–H and O–H groups in total. The van der Waals surface area contributed by atoms with Gasteiger partial charge in [-0.1, -0.05) is 90.4 Å². The monoisotopic (exact) mass is 909 g/mol. The third-order valence-corrected chi connectivity index (χ3v) is 9.14. The molecule has 63 heavy (non-hydrogen) atoms. The number of unbranched alkanes of at least 4 members (excludes halogenated alkanes) is 14. The van der Waals surface area contributed by atoms with Crippen molar-refractivity contribution >= 4 is 47.6 Å². The number of carboxylic acids is 3. The molecular weight excluding hydrogens is 828 g/mol. The molecule has 0 aromatic rings. The molecule has 0 bridgehead atoms. The predicted octanol–water partition coefficient (Wildman–Crippen LogP) is 0.186. The van der Waals surface area contributed by atoms with E-state index in [1.165, 1.54) is 64.2 Å². The maximum atomic E-state index is 13.2. The first kappa shape index (κ1) is 62.7. The quantitative estimate of drug-likeness (QED) is 0.0377. The Morgan fingerprint density at radius 3 is 1.11 bits per heavy atom. The Labute approximate surface area is 371 Å². The first-order chi connectivity index (χ1) is 29.9. The van der Waals surface area contributed by atoms with Crippen LogP contribution in [0.5, 0.6) is 0 Å². The third kappa shape index (κ3) is 38.7. The molecule has 22 heteroatoms. The third-order valence-electron chi connectivity index (χ3n) is 9.14. The van der Waals surface area contributed by atoms with Crippen molar-refractivity contribution in [2.75, 3.05) is 39.5 Å². The van der Waals surface area contributed by atoms with Crippen LogP contribution in [0.25, 0.3) is 0 Å². The average Bonchev–Trinajstić information content (AvgIpc) is 3.22. The normalized spacial score (nSPS) is 12.8. The first-order valence-corrected chi connectivity index (χ1v) is 22.1. The fraction of sp³-hybridized carbons (Fsp3) is 0.805. The lowest BCUT2D eigenvalue weighted by Crippen LogP contribution is -2.60. The molecule has 0 spiro atoms.